The van der Waals surface area contributed by atoms with Crippen molar-refractivity contribution in [2.24, 2.45) is 5.73 Å². The second-order valence-electron chi connectivity index (χ2n) is 11.0. The van der Waals surface area contributed by atoms with E-state index in [0.29, 0.717) is 17.1 Å². The number of pyridine rings is 1. The van der Waals surface area contributed by atoms with Crippen LogP contribution in [0.5, 0.6) is 0 Å². The van der Waals surface area contributed by atoms with Crippen molar-refractivity contribution in [3.63, 3.8) is 0 Å². The molecule has 3 aromatic carbocycles. The standard InChI is InChI=1S/C33H27F6N5O2/c1-17-8-26-28(9-18(17)2)44(16-42-26)29(15-33(37,38)39)32(46)43-27(12-19-10-21(34)14-22(35)11-19)30-23(4-3-7-41-30)20-5-6-25(36)24(13-20)31(40)45/h3-11,13-14,16,27,29H,12,15H2,1-2H3,(H2,40,45)(H,43,46)/t27-,29?/m0/s1. The molecule has 0 fully saturated rings. The molecule has 0 aliphatic heterocycles. The summed E-state index contributed by atoms with van der Waals surface area (Å²) >= 11 is 0. The highest BCUT2D eigenvalue weighted by Gasteiger charge is 2.38. The number of aryl methyl sites for hydroxylation is 2. The van der Waals surface area contributed by atoms with Crippen LogP contribution in [0.2, 0.25) is 0 Å². The van der Waals surface area contributed by atoms with Gasteiger partial charge < -0.3 is 15.6 Å². The number of alkyl halides is 3. The normalized spacial score (nSPS) is 13.0. The van der Waals surface area contributed by atoms with E-state index >= 15 is 0 Å². The van der Waals surface area contributed by atoms with Gasteiger partial charge in [0.05, 0.1) is 41.1 Å². The van der Waals surface area contributed by atoms with E-state index in [9.17, 15) is 35.9 Å². The molecule has 7 nitrogen and oxygen atoms in total. The number of carbonyl (C=O) groups is 2. The first-order chi connectivity index (χ1) is 21.7. The van der Waals surface area contributed by atoms with E-state index in [1.165, 1.54) is 30.5 Å². The lowest BCUT2D eigenvalue weighted by Gasteiger charge is -2.26. The summed E-state index contributed by atoms with van der Waals surface area (Å²) in [5.74, 6) is -4.80. The van der Waals surface area contributed by atoms with Crippen molar-refractivity contribution >= 4 is 22.8 Å². The van der Waals surface area contributed by atoms with Crippen molar-refractivity contribution in [1.82, 2.24) is 19.9 Å². The van der Waals surface area contributed by atoms with Gasteiger partial charge in [0.1, 0.15) is 23.5 Å². The van der Waals surface area contributed by atoms with Crippen molar-refractivity contribution in [3.8, 4) is 11.1 Å². The SMILES string of the molecule is Cc1cc2ncn(C(CC(F)(F)F)C(=O)N[C@@H](Cc3cc(F)cc(F)c3)c3ncccc3-c3ccc(F)c(C(N)=O)c3)c2cc1C. The number of benzene rings is 3. The van der Waals surface area contributed by atoms with Gasteiger partial charge in [-0.15, -0.1) is 0 Å². The number of fused-ring (bicyclic) bond motifs is 1. The number of imidazole rings is 1. The summed E-state index contributed by atoms with van der Waals surface area (Å²) in [6, 6.07) is 9.54. The zero-order chi connectivity index (χ0) is 33.3. The molecule has 0 aliphatic carbocycles. The first-order valence-corrected chi connectivity index (χ1v) is 14.0. The number of primary amides is 1. The molecule has 5 aromatic rings. The molecular weight excluding hydrogens is 612 g/mol. The van der Waals surface area contributed by atoms with Crippen molar-refractivity contribution < 1.29 is 35.9 Å². The summed E-state index contributed by atoms with van der Waals surface area (Å²) < 4.78 is 85.7. The first-order valence-electron chi connectivity index (χ1n) is 14.0. The first kappa shape index (κ1) is 32.2. The van der Waals surface area contributed by atoms with Gasteiger partial charge in [-0.25, -0.2) is 18.2 Å². The van der Waals surface area contributed by atoms with Gasteiger partial charge >= 0.3 is 6.18 Å². The number of hydrogen-bond donors (Lipinski definition) is 2. The van der Waals surface area contributed by atoms with Gasteiger partial charge in [-0.3, -0.25) is 14.6 Å². The lowest BCUT2D eigenvalue weighted by atomic mass is 9.94. The zero-order valence-electron chi connectivity index (χ0n) is 24.5. The van der Waals surface area contributed by atoms with Gasteiger partial charge in [0.25, 0.3) is 5.91 Å². The highest BCUT2D eigenvalue weighted by atomic mass is 19.4. The Balaban J connectivity index is 1.62. The van der Waals surface area contributed by atoms with Crippen LogP contribution in [0, 0.1) is 31.3 Å². The van der Waals surface area contributed by atoms with Crippen molar-refractivity contribution in [2.45, 2.75) is 44.9 Å². The minimum absolute atomic E-state index is 0.0721. The summed E-state index contributed by atoms with van der Waals surface area (Å²) in [6.45, 7) is 3.60. The molecule has 2 atom stereocenters. The summed E-state index contributed by atoms with van der Waals surface area (Å²) in [7, 11) is 0. The topological polar surface area (TPSA) is 103 Å². The fourth-order valence-electron chi connectivity index (χ4n) is 5.34. The maximum Gasteiger partial charge on any atom is 0.391 e. The predicted octanol–water partition coefficient (Wildman–Crippen LogP) is 6.83. The number of hydrogen-bond acceptors (Lipinski definition) is 4. The second-order valence-corrected chi connectivity index (χ2v) is 11.0. The van der Waals surface area contributed by atoms with E-state index in [1.807, 2.05) is 6.92 Å². The van der Waals surface area contributed by atoms with E-state index in [2.05, 4.69) is 15.3 Å². The number of nitrogens with one attached hydrogen (secondary N) is 1. The molecule has 2 aromatic heterocycles. The van der Waals surface area contributed by atoms with Crippen LogP contribution in [-0.2, 0) is 11.2 Å². The Hall–Kier alpha value is -5.20. The molecule has 0 radical (unpaired) electrons. The van der Waals surface area contributed by atoms with Crippen molar-refractivity contribution in [2.75, 3.05) is 0 Å². The van der Waals surface area contributed by atoms with Crippen LogP contribution >= 0.6 is 0 Å². The van der Waals surface area contributed by atoms with E-state index in [-0.39, 0.29) is 28.8 Å². The molecule has 1 unspecified atom stereocenters. The molecule has 0 bridgehead atoms. The van der Waals surface area contributed by atoms with Crippen LogP contribution in [0.3, 0.4) is 0 Å². The zero-order valence-corrected chi connectivity index (χ0v) is 24.5. The fourth-order valence-corrected chi connectivity index (χ4v) is 5.34. The Morgan fingerprint density at radius 2 is 1.63 bits per heavy atom. The minimum atomic E-state index is -4.77. The lowest BCUT2D eigenvalue weighted by Crippen LogP contribution is -2.38. The van der Waals surface area contributed by atoms with Crippen molar-refractivity contribution in [1.29, 1.82) is 0 Å². The number of carbonyl (C=O) groups excluding carboxylic acids is 2. The highest BCUT2D eigenvalue weighted by Crippen LogP contribution is 2.34. The molecule has 13 heteroatoms. The quantitative estimate of drug-likeness (QED) is 0.173. The van der Waals surface area contributed by atoms with Crippen LogP contribution in [-0.4, -0.2) is 32.5 Å². The second kappa shape index (κ2) is 12.7. The average Bonchev–Trinajstić information content (AvgIpc) is 3.37. The predicted molar refractivity (Wildman–Crippen MR) is 158 cm³/mol. The maximum atomic E-state index is 14.3. The smallest absolute Gasteiger partial charge is 0.366 e. The average molecular weight is 640 g/mol. The summed E-state index contributed by atoms with van der Waals surface area (Å²) in [4.78, 5) is 34.3. The number of nitrogens with zero attached hydrogens (tertiary/aromatic N) is 3. The number of amides is 2. The van der Waals surface area contributed by atoms with Crippen LogP contribution < -0.4 is 11.1 Å². The summed E-state index contributed by atoms with van der Waals surface area (Å²) in [5.41, 5.74) is 7.89. The molecule has 46 heavy (non-hydrogen) atoms. The van der Waals surface area contributed by atoms with Gasteiger partial charge in [-0.2, -0.15) is 13.2 Å². The number of aromatic nitrogens is 3. The molecule has 3 N–H and O–H groups in total. The van der Waals surface area contributed by atoms with Gasteiger partial charge in [0, 0.05) is 17.8 Å². The van der Waals surface area contributed by atoms with Gasteiger partial charge in [0.15, 0.2) is 0 Å². The van der Waals surface area contributed by atoms with E-state index in [4.69, 9.17) is 5.73 Å². The van der Waals surface area contributed by atoms with Crippen molar-refractivity contribution in [3.05, 3.63) is 119 Å². The summed E-state index contributed by atoms with van der Waals surface area (Å²) in [5, 5.41) is 2.62. The van der Waals surface area contributed by atoms with Crippen LogP contribution in [0.1, 0.15) is 51.2 Å². The molecule has 0 saturated heterocycles. The third kappa shape index (κ3) is 7.03. The monoisotopic (exact) mass is 639 g/mol. The van der Waals surface area contributed by atoms with Gasteiger partial charge in [-0.05, 0) is 85.0 Å². The Labute approximate surface area is 259 Å². The van der Waals surface area contributed by atoms with Gasteiger partial charge in [-0.1, -0.05) is 12.1 Å². The molecule has 0 saturated carbocycles. The molecule has 5 rings (SSSR count). The Morgan fingerprint density at radius 1 is 0.935 bits per heavy atom. The molecule has 0 aliphatic rings. The van der Waals surface area contributed by atoms with Crippen LogP contribution in [0.25, 0.3) is 22.2 Å². The third-order valence-corrected chi connectivity index (χ3v) is 7.64. The molecule has 0 spiro atoms. The van der Waals surface area contributed by atoms with Gasteiger partial charge in [0.2, 0.25) is 5.91 Å². The largest absolute Gasteiger partial charge is 0.391 e. The summed E-state index contributed by atoms with van der Waals surface area (Å²) in [6.07, 6.45) is -4.10. The molecule has 2 amide bonds. The maximum absolute atomic E-state index is 14.3. The molecular formula is C33H27F6N5O2. The Kier molecular flexibility index (Phi) is 8.86. The molecule has 2 heterocycles. The number of rotatable bonds is 9. The van der Waals surface area contributed by atoms with E-state index in [0.717, 1.165) is 40.2 Å². The highest BCUT2D eigenvalue weighted by molar-refractivity contribution is 5.94. The van der Waals surface area contributed by atoms with Crippen LogP contribution in [0.15, 0.2) is 73.2 Å². The van der Waals surface area contributed by atoms with E-state index in [1.54, 1.807) is 19.1 Å². The Bertz CT molecular complexity index is 1940. The number of nitrogens with two attached hydrogens (primary N) is 1. The van der Waals surface area contributed by atoms with E-state index < -0.39 is 59.5 Å². The third-order valence-electron chi connectivity index (χ3n) is 7.64. The minimum Gasteiger partial charge on any atom is -0.366 e. The Morgan fingerprint density at radius 3 is 2.30 bits per heavy atom. The fraction of sp³-hybridized carbons (Fsp3) is 0.212. The molecule has 238 valence electrons. The number of halogens is 6. The lowest BCUT2D eigenvalue weighted by molar-refractivity contribution is -0.152. The van der Waals surface area contributed by atoms with Crippen LogP contribution in [0.4, 0.5) is 26.3 Å².